The Kier molecular flexibility index (Phi) is 5.31. The molecule has 0 bridgehead atoms. The van der Waals surface area contributed by atoms with Gasteiger partial charge in [0.2, 0.25) is 0 Å². The zero-order valence-electron chi connectivity index (χ0n) is 12.3. The van der Waals surface area contributed by atoms with Gasteiger partial charge in [0.25, 0.3) is 0 Å². The lowest BCUT2D eigenvalue weighted by Gasteiger charge is -2.06. The van der Waals surface area contributed by atoms with Crippen molar-refractivity contribution in [1.29, 1.82) is 0 Å². The number of halogens is 1. The summed E-state index contributed by atoms with van der Waals surface area (Å²) in [6.45, 7) is 9.02. The largest absolute Gasteiger partial charge is 0.313 e. The van der Waals surface area contributed by atoms with E-state index in [2.05, 4.69) is 52.1 Å². The molecule has 0 saturated heterocycles. The number of hydrogen-bond acceptors (Lipinski definition) is 3. The molecule has 20 heavy (non-hydrogen) atoms. The highest BCUT2D eigenvalue weighted by Gasteiger charge is 2.11. The van der Waals surface area contributed by atoms with Gasteiger partial charge in [0, 0.05) is 28.5 Å². The Balaban J connectivity index is 2.12. The molecule has 2 aromatic heterocycles. The van der Waals surface area contributed by atoms with Crippen molar-refractivity contribution < 1.29 is 0 Å². The van der Waals surface area contributed by atoms with Crippen molar-refractivity contribution in [3.05, 3.63) is 45.4 Å². The Morgan fingerprint density at radius 1 is 1.30 bits per heavy atom. The molecule has 0 aliphatic rings. The van der Waals surface area contributed by atoms with Crippen molar-refractivity contribution in [2.45, 2.75) is 40.3 Å². The van der Waals surface area contributed by atoms with Crippen LogP contribution in [0.1, 0.15) is 36.0 Å². The minimum absolute atomic E-state index is 0.716. The van der Waals surface area contributed by atoms with Crippen LogP contribution in [0.4, 0.5) is 0 Å². The van der Waals surface area contributed by atoms with Crippen LogP contribution in [0.25, 0.3) is 0 Å². The zero-order valence-corrected chi connectivity index (χ0v) is 13.9. The number of nitrogens with one attached hydrogen (secondary N) is 1. The van der Waals surface area contributed by atoms with E-state index in [1.807, 2.05) is 23.0 Å². The summed E-state index contributed by atoms with van der Waals surface area (Å²) in [6, 6.07) is 4.04. The molecule has 108 valence electrons. The Labute approximate surface area is 128 Å². The van der Waals surface area contributed by atoms with Crippen molar-refractivity contribution in [2.24, 2.45) is 0 Å². The van der Waals surface area contributed by atoms with E-state index in [0.717, 1.165) is 35.4 Å². The van der Waals surface area contributed by atoms with Gasteiger partial charge < -0.3 is 5.32 Å². The number of nitrogens with zero attached hydrogens (tertiary/aromatic N) is 3. The zero-order chi connectivity index (χ0) is 14.5. The Bertz CT molecular complexity index is 560. The molecule has 0 aliphatic heterocycles. The predicted molar refractivity (Wildman–Crippen MR) is 84.7 cm³/mol. The summed E-state index contributed by atoms with van der Waals surface area (Å²) >= 11 is 3.40. The minimum Gasteiger partial charge on any atom is -0.313 e. The molecule has 2 rings (SSSR count). The first-order valence-electron chi connectivity index (χ1n) is 6.95. The number of pyridine rings is 1. The van der Waals surface area contributed by atoms with Gasteiger partial charge >= 0.3 is 0 Å². The average molecular weight is 337 g/mol. The van der Waals surface area contributed by atoms with E-state index in [0.29, 0.717) is 6.54 Å². The van der Waals surface area contributed by atoms with Gasteiger partial charge in [-0.3, -0.25) is 9.67 Å². The first-order valence-corrected chi connectivity index (χ1v) is 7.75. The fourth-order valence-electron chi connectivity index (χ4n) is 2.19. The maximum Gasteiger partial charge on any atom is 0.0834 e. The Morgan fingerprint density at radius 3 is 2.75 bits per heavy atom. The van der Waals surface area contributed by atoms with E-state index in [4.69, 9.17) is 0 Å². The van der Waals surface area contributed by atoms with Crippen molar-refractivity contribution in [1.82, 2.24) is 20.1 Å². The molecule has 0 fully saturated rings. The minimum atomic E-state index is 0.716. The van der Waals surface area contributed by atoms with Crippen LogP contribution in [0.2, 0.25) is 0 Å². The summed E-state index contributed by atoms with van der Waals surface area (Å²) < 4.78 is 3.04. The third kappa shape index (κ3) is 3.67. The molecule has 0 amide bonds. The van der Waals surface area contributed by atoms with Gasteiger partial charge in [0.1, 0.15) is 0 Å². The summed E-state index contributed by atoms with van der Waals surface area (Å²) in [4.78, 5) is 4.41. The van der Waals surface area contributed by atoms with Crippen LogP contribution in [0.3, 0.4) is 0 Å². The normalized spacial score (nSPS) is 11.0. The molecule has 0 saturated carbocycles. The molecule has 5 heteroatoms. The highest BCUT2D eigenvalue weighted by atomic mass is 79.9. The van der Waals surface area contributed by atoms with Crippen LogP contribution in [-0.2, 0) is 13.1 Å². The third-order valence-corrected chi connectivity index (χ3v) is 3.83. The monoisotopic (exact) mass is 336 g/mol. The second kappa shape index (κ2) is 6.99. The van der Waals surface area contributed by atoms with E-state index in [1.165, 1.54) is 11.3 Å². The smallest absolute Gasteiger partial charge is 0.0834 e. The number of hydrogen-bond donors (Lipinski definition) is 1. The topological polar surface area (TPSA) is 42.7 Å². The second-order valence-electron chi connectivity index (χ2n) is 4.95. The molecule has 2 heterocycles. The molecule has 0 atom stereocenters. The molecule has 0 aliphatic carbocycles. The fourth-order valence-corrected chi connectivity index (χ4v) is 2.42. The van der Waals surface area contributed by atoms with Gasteiger partial charge in [0.05, 0.1) is 17.9 Å². The van der Waals surface area contributed by atoms with Gasteiger partial charge in [-0.1, -0.05) is 6.92 Å². The molecule has 1 N–H and O–H groups in total. The molecule has 0 spiro atoms. The van der Waals surface area contributed by atoms with Crippen LogP contribution in [0.5, 0.6) is 0 Å². The highest BCUT2D eigenvalue weighted by Crippen LogP contribution is 2.15. The molecule has 0 aromatic carbocycles. The van der Waals surface area contributed by atoms with Crippen LogP contribution in [0.15, 0.2) is 22.8 Å². The lowest BCUT2D eigenvalue weighted by molar-refractivity contribution is 0.641. The molecule has 2 aromatic rings. The SMILES string of the molecule is CCCNCc1c(C)nn(Cc2ccc(Br)cn2)c1C. The van der Waals surface area contributed by atoms with E-state index in [9.17, 15) is 0 Å². The molecule has 0 radical (unpaired) electrons. The number of rotatable bonds is 6. The standard InChI is InChI=1S/C15H21BrN4/c1-4-7-17-9-15-11(2)19-20(12(15)3)10-14-6-5-13(16)8-18-14/h5-6,8,17H,4,7,9-10H2,1-3H3. The highest BCUT2D eigenvalue weighted by molar-refractivity contribution is 9.10. The summed E-state index contributed by atoms with van der Waals surface area (Å²) in [6.07, 6.45) is 2.97. The summed E-state index contributed by atoms with van der Waals surface area (Å²) in [5.41, 5.74) is 4.64. The predicted octanol–water partition coefficient (Wildman–Crippen LogP) is 3.21. The van der Waals surface area contributed by atoms with Crippen molar-refractivity contribution in [2.75, 3.05) is 6.54 Å². The molecular weight excluding hydrogens is 316 g/mol. The average Bonchev–Trinajstić information content (AvgIpc) is 2.69. The number of aromatic nitrogens is 3. The first kappa shape index (κ1) is 15.2. The molecular formula is C15H21BrN4. The Morgan fingerprint density at radius 2 is 2.10 bits per heavy atom. The van der Waals surface area contributed by atoms with E-state index < -0.39 is 0 Å². The lowest BCUT2D eigenvalue weighted by atomic mass is 10.2. The first-order chi connectivity index (χ1) is 9.61. The van der Waals surface area contributed by atoms with Gasteiger partial charge in [-0.2, -0.15) is 5.10 Å². The maximum atomic E-state index is 4.63. The van der Waals surface area contributed by atoms with Crippen LogP contribution in [0, 0.1) is 13.8 Å². The van der Waals surface area contributed by atoms with Crippen molar-refractivity contribution >= 4 is 15.9 Å². The Hall–Kier alpha value is -1.20. The van der Waals surface area contributed by atoms with Crippen LogP contribution < -0.4 is 5.32 Å². The van der Waals surface area contributed by atoms with Crippen molar-refractivity contribution in [3.63, 3.8) is 0 Å². The fraction of sp³-hybridized carbons (Fsp3) is 0.467. The molecule has 4 nitrogen and oxygen atoms in total. The molecule has 0 unspecified atom stereocenters. The lowest BCUT2D eigenvalue weighted by Crippen LogP contribution is -2.15. The second-order valence-corrected chi connectivity index (χ2v) is 5.87. The van der Waals surface area contributed by atoms with Crippen LogP contribution in [-0.4, -0.2) is 21.3 Å². The van der Waals surface area contributed by atoms with Gasteiger partial charge in [-0.25, -0.2) is 0 Å². The summed E-state index contributed by atoms with van der Waals surface area (Å²) in [5, 5.41) is 8.07. The van der Waals surface area contributed by atoms with Crippen LogP contribution >= 0.6 is 15.9 Å². The van der Waals surface area contributed by atoms with Gasteiger partial charge in [0.15, 0.2) is 0 Å². The summed E-state index contributed by atoms with van der Waals surface area (Å²) in [5.74, 6) is 0. The number of aryl methyl sites for hydroxylation is 1. The maximum absolute atomic E-state index is 4.63. The van der Waals surface area contributed by atoms with Gasteiger partial charge in [-0.05, 0) is 54.9 Å². The summed E-state index contributed by atoms with van der Waals surface area (Å²) in [7, 11) is 0. The van der Waals surface area contributed by atoms with Gasteiger partial charge in [-0.15, -0.1) is 0 Å². The van der Waals surface area contributed by atoms with E-state index in [-0.39, 0.29) is 0 Å². The third-order valence-electron chi connectivity index (χ3n) is 3.36. The van der Waals surface area contributed by atoms with Crippen molar-refractivity contribution in [3.8, 4) is 0 Å². The quantitative estimate of drug-likeness (QED) is 0.823. The van der Waals surface area contributed by atoms with E-state index in [1.54, 1.807) is 0 Å². The van der Waals surface area contributed by atoms with E-state index >= 15 is 0 Å².